The maximum absolute atomic E-state index is 12.0. The quantitative estimate of drug-likeness (QED) is 0.917. The van der Waals surface area contributed by atoms with Gasteiger partial charge in [0.15, 0.2) is 0 Å². The van der Waals surface area contributed by atoms with Crippen molar-refractivity contribution >= 4 is 29.2 Å². The number of carboxylic acid groups (broad SMARTS) is 1. The van der Waals surface area contributed by atoms with E-state index in [1.165, 1.54) is 19.1 Å². The highest BCUT2D eigenvalue weighted by Gasteiger charge is 2.36. The van der Waals surface area contributed by atoms with Gasteiger partial charge >= 0.3 is 5.97 Å². The van der Waals surface area contributed by atoms with Crippen LogP contribution < -0.4 is 14.4 Å². The summed E-state index contributed by atoms with van der Waals surface area (Å²) in [7, 11) is 2.93. The summed E-state index contributed by atoms with van der Waals surface area (Å²) in [5.41, 5.74) is 0.451. The van der Waals surface area contributed by atoms with Gasteiger partial charge in [-0.2, -0.15) is 0 Å². The highest BCUT2D eigenvalue weighted by molar-refractivity contribution is 6.32. The van der Waals surface area contributed by atoms with Gasteiger partial charge in [-0.15, -0.1) is 0 Å². The number of carboxylic acids is 1. The molecule has 1 aliphatic rings. The molecule has 1 unspecified atom stereocenters. The summed E-state index contributed by atoms with van der Waals surface area (Å²) in [4.78, 5) is 24.3. The topological polar surface area (TPSA) is 76.1 Å². The lowest BCUT2D eigenvalue weighted by Gasteiger charge is -2.20. The normalized spacial score (nSPS) is 18.2. The molecule has 20 heavy (non-hydrogen) atoms. The van der Waals surface area contributed by atoms with Crippen molar-refractivity contribution in [3.05, 3.63) is 17.2 Å². The molecule has 0 spiro atoms. The first-order chi connectivity index (χ1) is 9.47. The fourth-order valence-electron chi connectivity index (χ4n) is 2.16. The highest BCUT2D eigenvalue weighted by atomic mass is 35.5. The van der Waals surface area contributed by atoms with Gasteiger partial charge in [-0.1, -0.05) is 11.6 Å². The molecule has 1 saturated heterocycles. The Labute approximate surface area is 120 Å². The number of methoxy groups -OCH3 is 2. The van der Waals surface area contributed by atoms with Gasteiger partial charge in [0.1, 0.15) is 11.5 Å². The number of carbonyl (C=O) groups excluding carboxylic acids is 1. The Bertz CT molecular complexity index is 560. The molecule has 1 aliphatic heterocycles. The van der Waals surface area contributed by atoms with Crippen molar-refractivity contribution < 1.29 is 24.2 Å². The summed E-state index contributed by atoms with van der Waals surface area (Å²) in [6.07, 6.45) is -0.0257. The molecule has 1 heterocycles. The Morgan fingerprint density at radius 2 is 2.00 bits per heavy atom. The van der Waals surface area contributed by atoms with E-state index in [0.29, 0.717) is 22.2 Å². The molecule has 0 bridgehead atoms. The zero-order chi connectivity index (χ0) is 14.9. The van der Waals surface area contributed by atoms with Gasteiger partial charge in [-0.3, -0.25) is 9.59 Å². The largest absolute Gasteiger partial charge is 0.495 e. The third-order valence-electron chi connectivity index (χ3n) is 3.22. The molecule has 0 aliphatic carbocycles. The first kappa shape index (κ1) is 14.5. The van der Waals surface area contributed by atoms with Gasteiger partial charge in [-0.05, 0) is 6.07 Å². The van der Waals surface area contributed by atoms with E-state index in [0.717, 1.165) is 0 Å². The molecule has 0 saturated carbocycles. The number of rotatable bonds is 4. The van der Waals surface area contributed by atoms with Gasteiger partial charge in [0.05, 0.1) is 30.8 Å². The van der Waals surface area contributed by atoms with Crippen LogP contribution in [0.1, 0.15) is 6.42 Å². The van der Waals surface area contributed by atoms with Crippen molar-refractivity contribution in [3.8, 4) is 11.5 Å². The third-order valence-corrected chi connectivity index (χ3v) is 3.51. The lowest BCUT2D eigenvalue weighted by Crippen LogP contribution is -2.26. The molecule has 7 heteroatoms. The van der Waals surface area contributed by atoms with E-state index in [-0.39, 0.29) is 18.9 Å². The number of amides is 1. The van der Waals surface area contributed by atoms with Crippen molar-refractivity contribution in [1.29, 1.82) is 0 Å². The molecule has 108 valence electrons. The van der Waals surface area contributed by atoms with Gasteiger partial charge in [0.25, 0.3) is 0 Å². The molecule has 0 aromatic heterocycles. The predicted molar refractivity (Wildman–Crippen MR) is 72.7 cm³/mol. The zero-order valence-electron chi connectivity index (χ0n) is 11.1. The minimum Gasteiger partial charge on any atom is -0.495 e. The smallest absolute Gasteiger partial charge is 0.308 e. The van der Waals surface area contributed by atoms with Gasteiger partial charge in [0.2, 0.25) is 5.91 Å². The van der Waals surface area contributed by atoms with E-state index in [4.69, 9.17) is 26.2 Å². The van der Waals surface area contributed by atoms with Crippen LogP contribution in [-0.4, -0.2) is 37.7 Å². The Balaban J connectivity index is 2.40. The van der Waals surface area contributed by atoms with E-state index in [1.54, 1.807) is 12.1 Å². The monoisotopic (exact) mass is 299 g/mol. The molecule has 1 aromatic rings. The van der Waals surface area contributed by atoms with Gasteiger partial charge < -0.3 is 19.5 Å². The van der Waals surface area contributed by atoms with Crippen molar-refractivity contribution in [2.24, 2.45) is 5.92 Å². The minimum absolute atomic E-state index is 0.0257. The van der Waals surface area contributed by atoms with Gasteiger partial charge in [-0.25, -0.2) is 0 Å². The van der Waals surface area contributed by atoms with Crippen molar-refractivity contribution in [2.45, 2.75) is 6.42 Å². The molecule has 1 fully saturated rings. The van der Waals surface area contributed by atoms with Crippen LogP contribution in [0, 0.1) is 5.92 Å². The molecule has 2 rings (SSSR count). The fraction of sp³-hybridized carbons (Fsp3) is 0.385. The molecule has 0 radical (unpaired) electrons. The summed E-state index contributed by atoms with van der Waals surface area (Å²) in [5, 5.41) is 9.33. The Morgan fingerprint density at radius 3 is 2.50 bits per heavy atom. The van der Waals surface area contributed by atoms with E-state index < -0.39 is 11.9 Å². The number of hydrogen-bond donors (Lipinski definition) is 1. The van der Waals surface area contributed by atoms with Crippen LogP contribution in [0.25, 0.3) is 0 Å². The van der Waals surface area contributed by atoms with Crippen LogP contribution in [0.2, 0.25) is 5.02 Å². The van der Waals surface area contributed by atoms with Crippen LogP contribution in [0.4, 0.5) is 5.69 Å². The number of anilines is 1. The molecule has 1 atom stereocenters. The second kappa shape index (κ2) is 5.58. The number of benzene rings is 1. The first-order valence-corrected chi connectivity index (χ1v) is 6.30. The zero-order valence-corrected chi connectivity index (χ0v) is 11.8. The standard InChI is InChI=1S/C13H14ClNO5/c1-19-10-5-11(20-2)9(4-8(10)14)15-6-7(13(17)18)3-12(15)16/h4-5,7H,3,6H2,1-2H3,(H,17,18). The molecule has 6 nitrogen and oxygen atoms in total. The maximum Gasteiger partial charge on any atom is 0.308 e. The average Bonchev–Trinajstić information content (AvgIpc) is 2.80. The number of ether oxygens (including phenoxy) is 2. The summed E-state index contributed by atoms with van der Waals surface area (Å²) in [6, 6.07) is 3.11. The minimum atomic E-state index is -0.987. The van der Waals surface area contributed by atoms with Crippen LogP contribution in [0.5, 0.6) is 11.5 Å². The van der Waals surface area contributed by atoms with E-state index in [9.17, 15) is 9.59 Å². The summed E-state index contributed by atoms with van der Waals surface area (Å²) >= 11 is 6.05. The molecular weight excluding hydrogens is 286 g/mol. The molecule has 1 aromatic carbocycles. The number of halogens is 1. The first-order valence-electron chi connectivity index (χ1n) is 5.92. The van der Waals surface area contributed by atoms with E-state index in [2.05, 4.69) is 0 Å². The lowest BCUT2D eigenvalue weighted by molar-refractivity contribution is -0.141. The average molecular weight is 300 g/mol. The lowest BCUT2D eigenvalue weighted by atomic mass is 10.1. The Kier molecular flexibility index (Phi) is 4.04. The second-order valence-corrected chi connectivity index (χ2v) is 4.81. The summed E-state index contributed by atoms with van der Waals surface area (Å²) in [5.74, 6) is -1.14. The van der Waals surface area contributed by atoms with Crippen molar-refractivity contribution in [2.75, 3.05) is 25.7 Å². The SMILES string of the molecule is COc1cc(OC)c(N2CC(C(=O)O)CC2=O)cc1Cl. The Hall–Kier alpha value is -1.95. The number of nitrogens with zero attached hydrogens (tertiary/aromatic N) is 1. The molecular formula is C13H14ClNO5. The van der Waals surface area contributed by atoms with Crippen LogP contribution in [0.15, 0.2) is 12.1 Å². The third kappa shape index (κ3) is 2.51. The van der Waals surface area contributed by atoms with E-state index >= 15 is 0 Å². The second-order valence-electron chi connectivity index (χ2n) is 4.40. The Morgan fingerprint density at radius 1 is 1.35 bits per heavy atom. The number of aliphatic carboxylic acids is 1. The van der Waals surface area contributed by atoms with Crippen LogP contribution in [-0.2, 0) is 9.59 Å². The fourth-order valence-corrected chi connectivity index (χ4v) is 2.40. The number of carbonyl (C=O) groups is 2. The van der Waals surface area contributed by atoms with Crippen molar-refractivity contribution in [1.82, 2.24) is 0 Å². The number of hydrogen-bond acceptors (Lipinski definition) is 4. The summed E-state index contributed by atoms with van der Waals surface area (Å²) in [6.45, 7) is 0.104. The summed E-state index contributed by atoms with van der Waals surface area (Å²) < 4.78 is 10.3. The van der Waals surface area contributed by atoms with Crippen LogP contribution in [0.3, 0.4) is 0 Å². The van der Waals surface area contributed by atoms with E-state index in [1.807, 2.05) is 0 Å². The van der Waals surface area contributed by atoms with Gasteiger partial charge in [0, 0.05) is 19.0 Å². The van der Waals surface area contributed by atoms with Crippen LogP contribution >= 0.6 is 11.6 Å². The van der Waals surface area contributed by atoms with Crippen molar-refractivity contribution in [3.63, 3.8) is 0 Å². The highest BCUT2D eigenvalue weighted by Crippen LogP contribution is 2.40. The molecule has 1 N–H and O–H groups in total. The maximum atomic E-state index is 12.0. The molecule has 1 amide bonds. The predicted octanol–water partition coefficient (Wildman–Crippen LogP) is 1.79.